The molecule has 0 saturated carbocycles. The number of sulfone groups is 1. The lowest BCUT2D eigenvalue weighted by Crippen LogP contribution is -2.20. The third-order valence-corrected chi connectivity index (χ3v) is 7.39. The van der Waals surface area contributed by atoms with Gasteiger partial charge in [0, 0.05) is 5.39 Å². The lowest BCUT2D eigenvalue weighted by atomic mass is 10.0. The molecule has 0 unspecified atom stereocenters. The van der Waals surface area contributed by atoms with E-state index in [9.17, 15) is 13.2 Å². The van der Waals surface area contributed by atoms with E-state index in [-0.39, 0.29) is 5.09 Å². The molecule has 1 aliphatic heterocycles. The average Bonchev–Trinajstić information content (AvgIpc) is 2.80. The summed E-state index contributed by atoms with van der Waals surface area (Å²) in [6.07, 6.45) is 1.88. The molecule has 0 amide bonds. The molecule has 1 aromatic heterocycles. The summed E-state index contributed by atoms with van der Waals surface area (Å²) in [4.78, 5) is 12.2. The second kappa shape index (κ2) is 6.80. The van der Waals surface area contributed by atoms with Crippen molar-refractivity contribution in [2.45, 2.75) is 11.3 Å². The highest BCUT2D eigenvalue weighted by molar-refractivity contribution is 7.95. The maximum absolute atomic E-state index is 13.3. The first-order valence-electron chi connectivity index (χ1n) is 10.1. The van der Waals surface area contributed by atoms with Crippen LogP contribution >= 0.6 is 0 Å². The first-order valence-corrected chi connectivity index (χ1v) is 11.6. The number of fused-ring (bicyclic) bond motifs is 4. The van der Waals surface area contributed by atoms with Crippen LogP contribution in [0.5, 0.6) is 5.75 Å². The molecule has 4 aromatic carbocycles. The summed E-state index contributed by atoms with van der Waals surface area (Å²) in [7, 11) is -4.20. The number of hydrogen-bond donors (Lipinski definition) is 0. The normalized spacial score (nSPS) is 13.7. The zero-order valence-corrected chi connectivity index (χ0v) is 17.6. The molecule has 1 aliphatic rings. The van der Waals surface area contributed by atoms with Crippen molar-refractivity contribution < 1.29 is 17.6 Å². The lowest BCUT2D eigenvalue weighted by molar-refractivity contribution is 0.433. The number of hydrogen-bond acceptors (Lipinski definition) is 5. The standard InChI is InChI=1S/C26H16O5S/c27-26-24(15-21-12-17-6-2-4-8-19(17)14-23(21)31-26)32(28,29)25-10-9-20-11-16-5-1-3-7-18(16)13-22(20)30-25/h1-8,10-15H,9H2. The number of benzene rings is 4. The number of ether oxygens (including phenoxy) is 1. The Labute approximate surface area is 183 Å². The van der Waals surface area contributed by atoms with Crippen LogP contribution in [-0.4, -0.2) is 8.42 Å². The Balaban J connectivity index is 1.46. The van der Waals surface area contributed by atoms with Gasteiger partial charge in [-0.2, -0.15) is 0 Å². The predicted molar refractivity (Wildman–Crippen MR) is 124 cm³/mol. The van der Waals surface area contributed by atoms with Crippen LogP contribution in [0.3, 0.4) is 0 Å². The minimum atomic E-state index is -4.20. The maximum atomic E-state index is 13.3. The van der Waals surface area contributed by atoms with Gasteiger partial charge in [-0.25, -0.2) is 13.2 Å². The fraction of sp³-hybridized carbons (Fsp3) is 0.0385. The summed E-state index contributed by atoms with van der Waals surface area (Å²) < 4.78 is 37.8. The van der Waals surface area contributed by atoms with E-state index >= 15 is 0 Å². The van der Waals surface area contributed by atoms with Crippen LogP contribution in [0.4, 0.5) is 0 Å². The molecule has 0 radical (unpaired) electrons. The summed E-state index contributed by atoms with van der Waals surface area (Å²) >= 11 is 0. The summed E-state index contributed by atoms with van der Waals surface area (Å²) in [6.45, 7) is 0. The van der Waals surface area contributed by atoms with E-state index < -0.39 is 20.4 Å². The summed E-state index contributed by atoms with van der Waals surface area (Å²) in [5.41, 5.74) is 0.310. The zero-order chi connectivity index (χ0) is 21.9. The van der Waals surface area contributed by atoms with Crippen LogP contribution in [-0.2, 0) is 16.3 Å². The highest BCUT2D eigenvalue weighted by atomic mass is 32.2. The van der Waals surface area contributed by atoms with Crippen LogP contribution in [0.15, 0.2) is 104 Å². The van der Waals surface area contributed by atoms with Gasteiger partial charge in [0.25, 0.3) is 0 Å². The fourth-order valence-electron chi connectivity index (χ4n) is 4.11. The minimum Gasteiger partial charge on any atom is -0.445 e. The molecule has 6 heteroatoms. The van der Waals surface area contributed by atoms with Gasteiger partial charge in [0.05, 0.1) is 0 Å². The molecule has 0 aliphatic carbocycles. The Kier molecular flexibility index (Phi) is 4.00. The molecule has 0 saturated heterocycles. The first kappa shape index (κ1) is 18.8. The molecule has 0 fully saturated rings. The molecule has 6 rings (SSSR count). The van der Waals surface area contributed by atoms with Crippen LogP contribution < -0.4 is 10.4 Å². The summed E-state index contributed by atoms with van der Waals surface area (Å²) in [5, 5.41) is 4.10. The van der Waals surface area contributed by atoms with Crippen molar-refractivity contribution in [3.05, 3.63) is 106 Å². The van der Waals surface area contributed by atoms with Crippen LogP contribution in [0, 0.1) is 0 Å². The summed E-state index contributed by atoms with van der Waals surface area (Å²) in [5.74, 6) is 0.473. The van der Waals surface area contributed by atoms with Crippen molar-refractivity contribution in [1.82, 2.24) is 0 Å². The molecule has 0 spiro atoms. The average molecular weight is 440 g/mol. The topological polar surface area (TPSA) is 73.6 Å². The molecule has 156 valence electrons. The molecular formula is C26H16O5S. The Morgan fingerprint density at radius 2 is 1.34 bits per heavy atom. The van der Waals surface area contributed by atoms with E-state index in [0.717, 1.165) is 27.1 Å². The van der Waals surface area contributed by atoms with Crippen molar-refractivity contribution in [2.75, 3.05) is 0 Å². The van der Waals surface area contributed by atoms with Crippen LogP contribution in [0.2, 0.25) is 0 Å². The quantitative estimate of drug-likeness (QED) is 0.273. The fourth-order valence-corrected chi connectivity index (χ4v) is 5.38. The Hall–Kier alpha value is -3.90. The summed E-state index contributed by atoms with van der Waals surface area (Å²) in [6, 6.07) is 24.1. The monoisotopic (exact) mass is 440 g/mol. The van der Waals surface area contributed by atoms with Gasteiger partial charge in [-0.05, 0) is 69.9 Å². The van der Waals surface area contributed by atoms with E-state index in [1.807, 2.05) is 66.7 Å². The zero-order valence-electron chi connectivity index (χ0n) is 16.7. The molecule has 5 nitrogen and oxygen atoms in total. The third-order valence-electron chi connectivity index (χ3n) is 5.75. The lowest BCUT2D eigenvalue weighted by Gasteiger charge is -2.19. The van der Waals surface area contributed by atoms with E-state index in [0.29, 0.717) is 23.1 Å². The van der Waals surface area contributed by atoms with Gasteiger partial charge in [0.15, 0.2) is 4.90 Å². The van der Waals surface area contributed by atoms with Gasteiger partial charge in [0.2, 0.25) is 14.9 Å². The Morgan fingerprint density at radius 1 is 0.719 bits per heavy atom. The highest BCUT2D eigenvalue weighted by Crippen LogP contribution is 2.34. The van der Waals surface area contributed by atoms with Crippen LogP contribution in [0.25, 0.3) is 32.5 Å². The van der Waals surface area contributed by atoms with E-state index in [1.165, 1.54) is 12.1 Å². The van der Waals surface area contributed by atoms with Crippen molar-refractivity contribution in [3.8, 4) is 5.75 Å². The molecule has 5 aromatic rings. The predicted octanol–water partition coefficient (Wildman–Crippen LogP) is 5.35. The molecular weight excluding hydrogens is 424 g/mol. The van der Waals surface area contributed by atoms with E-state index in [4.69, 9.17) is 9.15 Å². The van der Waals surface area contributed by atoms with Gasteiger partial charge < -0.3 is 9.15 Å². The third kappa shape index (κ3) is 2.92. The van der Waals surface area contributed by atoms with Crippen molar-refractivity contribution >= 4 is 42.4 Å². The molecule has 0 bridgehead atoms. The van der Waals surface area contributed by atoms with Crippen molar-refractivity contribution in [2.24, 2.45) is 0 Å². The van der Waals surface area contributed by atoms with Gasteiger partial charge in [-0.15, -0.1) is 0 Å². The van der Waals surface area contributed by atoms with Gasteiger partial charge >= 0.3 is 5.63 Å². The Bertz CT molecular complexity index is 1760. The van der Waals surface area contributed by atoms with Crippen LogP contribution in [0.1, 0.15) is 5.56 Å². The number of allylic oxidation sites excluding steroid dienone is 1. The van der Waals surface area contributed by atoms with Crippen molar-refractivity contribution in [1.29, 1.82) is 0 Å². The number of rotatable bonds is 2. The van der Waals surface area contributed by atoms with Gasteiger partial charge in [-0.1, -0.05) is 48.5 Å². The highest BCUT2D eigenvalue weighted by Gasteiger charge is 2.30. The van der Waals surface area contributed by atoms with Crippen molar-refractivity contribution in [3.63, 3.8) is 0 Å². The minimum absolute atomic E-state index is 0.257. The second-order valence-corrected chi connectivity index (χ2v) is 9.62. The van der Waals surface area contributed by atoms with E-state index in [1.54, 1.807) is 6.07 Å². The molecule has 0 atom stereocenters. The van der Waals surface area contributed by atoms with E-state index in [2.05, 4.69) is 0 Å². The maximum Gasteiger partial charge on any atom is 0.355 e. The molecule has 0 N–H and O–H groups in total. The SMILES string of the molecule is O=c1oc2cc3ccccc3cc2cc1S(=O)(=O)C1=CCc2cc3ccccc3cc2O1. The molecule has 32 heavy (non-hydrogen) atoms. The largest absolute Gasteiger partial charge is 0.445 e. The van der Waals surface area contributed by atoms with Gasteiger partial charge in [0.1, 0.15) is 11.3 Å². The van der Waals surface area contributed by atoms with Gasteiger partial charge in [-0.3, -0.25) is 0 Å². The first-order chi connectivity index (χ1) is 15.5. The smallest absolute Gasteiger partial charge is 0.355 e. The second-order valence-electron chi connectivity index (χ2n) is 7.78. The Morgan fingerprint density at radius 3 is 2.06 bits per heavy atom. The molecule has 2 heterocycles.